The van der Waals surface area contributed by atoms with E-state index in [-0.39, 0.29) is 0 Å². The summed E-state index contributed by atoms with van der Waals surface area (Å²) >= 11 is 5.90. The Kier molecular flexibility index (Phi) is 2.91. The highest BCUT2D eigenvalue weighted by Crippen LogP contribution is 2.30. The number of hydrogen-bond acceptors (Lipinski definition) is 3. The molecule has 1 aliphatic heterocycles. The van der Waals surface area contributed by atoms with Crippen LogP contribution in [0.5, 0.6) is 0 Å². The maximum atomic E-state index is 5.90. The van der Waals surface area contributed by atoms with Gasteiger partial charge < -0.3 is 5.73 Å². The van der Waals surface area contributed by atoms with Gasteiger partial charge in [0.25, 0.3) is 0 Å². The second-order valence-electron chi connectivity index (χ2n) is 4.18. The molecule has 2 rings (SSSR count). The van der Waals surface area contributed by atoms with Gasteiger partial charge in [-0.15, -0.1) is 0 Å². The van der Waals surface area contributed by atoms with Crippen molar-refractivity contribution in [3.63, 3.8) is 0 Å². The third kappa shape index (κ3) is 2.29. The van der Waals surface area contributed by atoms with Gasteiger partial charge in [0.15, 0.2) is 0 Å². The Morgan fingerprint density at radius 3 is 2.93 bits per heavy atom. The topological polar surface area (TPSA) is 50.1 Å². The molecule has 0 fully saturated rings. The lowest BCUT2D eigenvalue weighted by atomic mass is 9.87. The summed E-state index contributed by atoms with van der Waals surface area (Å²) in [5.41, 5.74) is 13.8. The molecule has 82 valence electrons. The molecule has 0 radical (unpaired) electrons. The fourth-order valence-electron chi connectivity index (χ4n) is 1.91. The fourth-order valence-corrected chi connectivity index (χ4v) is 2.07. The van der Waals surface area contributed by atoms with Crippen LogP contribution in [-0.2, 0) is 0 Å². The maximum Gasteiger partial charge on any atom is 0.123 e. The number of hydrogen-bond donors (Lipinski definition) is 3. The number of halogens is 1. The summed E-state index contributed by atoms with van der Waals surface area (Å²) in [6.45, 7) is 2.27. The summed E-state index contributed by atoms with van der Waals surface area (Å²) in [5, 5.41) is 0.582. The predicted molar refractivity (Wildman–Crippen MR) is 62.5 cm³/mol. The van der Waals surface area contributed by atoms with Gasteiger partial charge in [-0.05, 0) is 36.8 Å². The van der Waals surface area contributed by atoms with Gasteiger partial charge in [0.2, 0.25) is 0 Å². The molecule has 0 saturated carbocycles. The minimum atomic E-state index is 0.582. The fraction of sp³-hybridized carbons (Fsp3) is 0.455. The van der Waals surface area contributed by atoms with Gasteiger partial charge in [-0.25, -0.2) is 0 Å². The van der Waals surface area contributed by atoms with Crippen LogP contribution in [0.3, 0.4) is 0 Å². The van der Waals surface area contributed by atoms with Crippen LogP contribution in [0.15, 0.2) is 34.3 Å². The van der Waals surface area contributed by atoms with Crippen LogP contribution in [0, 0.1) is 5.92 Å². The first-order valence-corrected chi connectivity index (χ1v) is 5.63. The van der Waals surface area contributed by atoms with Crippen molar-refractivity contribution in [1.82, 2.24) is 10.9 Å². The molecule has 1 unspecified atom stereocenters. The van der Waals surface area contributed by atoms with Gasteiger partial charge in [-0.2, -0.15) is 0 Å². The van der Waals surface area contributed by atoms with Crippen LogP contribution < -0.4 is 16.6 Å². The van der Waals surface area contributed by atoms with Crippen molar-refractivity contribution in [2.45, 2.75) is 26.2 Å². The van der Waals surface area contributed by atoms with Crippen LogP contribution >= 0.6 is 11.6 Å². The van der Waals surface area contributed by atoms with E-state index in [1.54, 1.807) is 0 Å². The molecule has 3 nitrogen and oxygen atoms in total. The molecule has 0 saturated heterocycles. The third-order valence-corrected chi connectivity index (χ3v) is 3.10. The van der Waals surface area contributed by atoms with Crippen LogP contribution in [0.2, 0.25) is 0 Å². The van der Waals surface area contributed by atoms with E-state index >= 15 is 0 Å². The highest BCUT2D eigenvalue weighted by molar-refractivity contribution is 6.29. The van der Waals surface area contributed by atoms with E-state index in [0.29, 0.717) is 11.0 Å². The summed E-state index contributed by atoms with van der Waals surface area (Å²) in [6, 6.07) is 0. The van der Waals surface area contributed by atoms with Gasteiger partial charge in [0, 0.05) is 5.57 Å². The Labute approximate surface area is 95.0 Å². The van der Waals surface area contributed by atoms with Crippen LogP contribution in [0.1, 0.15) is 26.2 Å². The van der Waals surface area contributed by atoms with Gasteiger partial charge >= 0.3 is 0 Å². The highest BCUT2D eigenvalue weighted by atomic mass is 35.5. The molecule has 0 spiro atoms. The average molecular weight is 226 g/mol. The summed E-state index contributed by atoms with van der Waals surface area (Å²) < 4.78 is 0. The maximum absolute atomic E-state index is 5.90. The number of rotatable bonds is 1. The second kappa shape index (κ2) is 4.19. The number of nitrogens with one attached hydrogen (secondary N) is 2. The van der Waals surface area contributed by atoms with E-state index < -0.39 is 0 Å². The Hall–Kier alpha value is -1.09. The van der Waals surface area contributed by atoms with Gasteiger partial charge in [-0.3, -0.25) is 10.9 Å². The first kappa shape index (κ1) is 10.4. The normalized spacial score (nSPS) is 26.4. The lowest BCUT2D eigenvalue weighted by molar-refractivity contribution is 0.515. The van der Waals surface area contributed by atoms with Crippen molar-refractivity contribution in [3.8, 4) is 0 Å². The molecule has 0 bridgehead atoms. The van der Waals surface area contributed by atoms with Crippen molar-refractivity contribution in [2.75, 3.05) is 0 Å². The quantitative estimate of drug-likeness (QED) is 0.599. The average Bonchev–Trinajstić information content (AvgIpc) is 2.23. The van der Waals surface area contributed by atoms with E-state index in [4.69, 9.17) is 17.3 Å². The number of hydrazine groups is 1. The summed E-state index contributed by atoms with van der Waals surface area (Å²) in [6.07, 6.45) is 7.59. The van der Waals surface area contributed by atoms with Gasteiger partial charge in [0.05, 0.1) is 0 Å². The summed E-state index contributed by atoms with van der Waals surface area (Å²) in [5.74, 6) is 1.44. The number of allylic oxidation sites excluding steroid dienone is 4. The first-order valence-electron chi connectivity index (χ1n) is 5.25. The molecule has 0 aromatic carbocycles. The van der Waals surface area contributed by atoms with E-state index in [1.807, 2.05) is 6.08 Å². The molecule has 4 N–H and O–H groups in total. The van der Waals surface area contributed by atoms with E-state index in [0.717, 1.165) is 24.3 Å². The van der Waals surface area contributed by atoms with Gasteiger partial charge in [0.1, 0.15) is 11.0 Å². The number of nitrogens with two attached hydrogens (primary N) is 1. The van der Waals surface area contributed by atoms with Crippen molar-refractivity contribution in [1.29, 1.82) is 0 Å². The molecule has 4 heteroatoms. The minimum Gasteiger partial charge on any atom is -0.384 e. The van der Waals surface area contributed by atoms with E-state index in [1.165, 1.54) is 12.0 Å². The molecule has 0 aromatic rings. The lowest BCUT2D eigenvalue weighted by Gasteiger charge is -2.23. The summed E-state index contributed by atoms with van der Waals surface area (Å²) in [4.78, 5) is 0. The molecular weight excluding hydrogens is 210 g/mol. The third-order valence-electron chi connectivity index (χ3n) is 2.90. The summed E-state index contributed by atoms with van der Waals surface area (Å²) in [7, 11) is 0. The molecule has 0 amide bonds. The monoisotopic (exact) mass is 225 g/mol. The first-order chi connectivity index (χ1) is 7.16. The van der Waals surface area contributed by atoms with Crippen LogP contribution in [0.25, 0.3) is 0 Å². The zero-order valence-electron chi connectivity index (χ0n) is 8.81. The SMILES string of the molecule is CC1CC=C(C2=C(N)NNC(Cl)=C2)CC1. The minimum absolute atomic E-state index is 0.582. The van der Waals surface area contributed by atoms with Crippen LogP contribution in [0.4, 0.5) is 0 Å². The lowest BCUT2D eigenvalue weighted by Crippen LogP contribution is -2.36. The molecule has 1 heterocycles. The molecule has 15 heavy (non-hydrogen) atoms. The Morgan fingerprint density at radius 1 is 1.47 bits per heavy atom. The molecule has 1 atom stereocenters. The zero-order valence-corrected chi connectivity index (χ0v) is 9.56. The van der Waals surface area contributed by atoms with Crippen molar-refractivity contribution in [2.24, 2.45) is 11.7 Å². The second-order valence-corrected chi connectivity index (χ2v) is 4.59. The zero-order chi connectivity index (χ0) is 10.8. The molecule has 1 aliphatic carbocycles. The molecular formula is C11H16ClN3. The Balaban J connectivity index is 2.23. The largest absolute Gasteiger partial charge is 0.384 e. The standard InChI is InChI=1S/C11H16ClN3/c1-7-2-4-8(5-3-7)9-6-10(12)14-15-11(9)13/h4,6-7,14-15H,2-3,5,13H2,1H3. The van der Waals surface area contributed by atoms with Crippen molar-refractivity contribution < 1.29 is 0 Å². The highest BCUT2D eigenvalue weighted by Gasteiger charge is 2.17. The Bertz CT molecular complexity index is 355. The Morgan fingerprint density at radius 2 is 2.27 bits per heavy atom. The predicted octanol–water partition coefficient (Wildman–Crippen LogP) is 2.09. The molecule has 0 aromatic heterocycles. The van der Waals surface area contributed by atoms with Gasteiger partial charge in [-0.1, -0.05) is 24.6 Å². The van der Waals surface area contributed by atoms with Crippen LogP contribution in [-0.4, -0.2) is 0 Å². The van der Waals surface area contributed by atoms with Crippen molar-refractivity contribution in [3.05, 3.63) is 34.3 Å². The smallest absolute Gasteiger partial charge is 0.123 e. The van der Waals surface area contributed by atoms with Crippen molar-refractivity contribution >= 4 is 11.6 Å². The molecule has 2 aliphatic rings. The van der Waals surface area contributed by atoms with E-state index in [2.05, 4.69) is 23.9 Å². The van der Waals surface area contributed by atoms with E-state index in [9.17, 15) is 0 Å².